The third-order valence-corrected chi connectivity index (χ3v) is 2.27. The molecule has 1 rings (SSSR count). The van der Waals surface area contributed by atoms with Crippen LogP contribution >= 0.6 is 0 Å². The van der Waals surface area contributed by atoms with Crippen LogP contribution in [0, 0.1) is 0 Å². The average Bonchev–Trinajstić information content (AvgIpc) is 2.38. The molecule has 0 saturated heterocycles. The van der Waals surface area contributed by atoms with Gasteiger partial charge in [0, 0.05) is 19.5 Å². The standard InChI is InChI=1S/C12H17N3O2/c1-10(14-16)8-13-9-12(15-17)7-11-5-3-2-4-6-11/h2-6,13,16-17H,7-9H2,1H3/b14-10+,15-12+. The summed E-state index contributed by atoms with van der Waals surface area (Å²) in [5, 5.41) is 26.7. The fourth-order valence-corrected chi connectivity index (χ4v) is 1.39. The van der Waals surface area contributed by atoms with E-state index in [0.717, 1.165) is 5.56 Å². The lowest BCUT2D eigenvalue weighted by molar-refractivity contribution is 0.316. The van der Waals surface area contributed by atoms with Gasteiger partial charge in [0.05, 0.1) is 11.4 Å². The summed E-state index contributed by atoms with van der Waals surface area (Å²) in [6.07, 6.45) is 0.597. The third-order valence-electron chi connectivity index (χ3n) is 2.27. The summed E-state index contributed by atoms with van der Waals surface area (Å²) < 4.78 is 0. The molecule has 0 bridgehead atoms. The van der Waals surface area contributed by atoms with E-state index in [2.05, 4.69) is 15.6 Å². The van der Waals surface area contributed by atoms with Gasteiger partial charge in [0.2, 0.25) is 0 Å². The first kappa shape index (κ1) is 13.2. The fraction of sp³-hybridized carbons (Fsp3) is 0.333. The highest BCUT2D eigenvalue weighted by atomic mass is 16.4. The van der Waals surface area contributed by atoms with E-state index in [1.807, 2.05) is 30.3 Å². The lowest BCUT2D eigenvalue weighted by Gasteiger charge is -2.06. The second kappa shape index (κ2) is 7.40. The Morgan fingerprint density at radius 3 is 2.41 bits per heavy atom. The van der Waals surface area contributed by atoms with Crippen LogP contribution in [-0.4, -0.2) is 34.9 Å². The van der Waals surface area contributed by atoms with Crippen LogP contribution in [-0.2, 0) is 6.42 Å². The first-order valence-electron chi connectivity index (χ1n) is 5.38. The van der Waals surface area contributed by atoms with Crippen LogP contribution in [0.1, 0.15) is 12.5 Å². The second-order valence-corrected chi connectivity index (χ2v) is 3.77. The number of hydrogen-bond donors (Lipinski definition) is 3. The van der Waals surface area contributed by atoms with Gasteiger partial charge in [-0.2, -0.15) is 0 Å². The zero-order chi connectivity index (χ0) is 12.5. The summed E-state index contributed by atoms with van der Waals surface area (Å²) in [7, 11) is 0. The molecule has 1 aromatic carbocycles. The molecule has 0 radical (unpaired) electrons. The topological polar surface area (TPSA) is 77.2 Å². The Kier molecular flexibility index (Phi) is 5.74. The molecule has 0 fully saturated rings. The van der Waals surface area contributed by atoms with Gasteiger partial charge in [-0.1, -0.05) is 40.6 Å². The maximum atomic E-state index is 8.88. The maximum absolute atomic E-state index is 8.88. The molecule has 3 N–H and O–H groups in total. The van der Waals surface area contributed by atoms with Crippen LogP contribution in [0.5, 0.6) is 0 Å². The molecular weight excluding hydrogens is 218 g/mol. The monoisotopic (exact) mass is 235 g/mol. The molecule has 0 heterocycles. The number of rotatable bonds is 6. The van der Waals surface area contributed by atoms with Crippen molar-refractivity contribution in [3.8, 4) is 0 Å². The highest BCUT2D eigenvalue weighted by Gasteiger charge is 2.02. The van der Waals surface area contributed by atoms with E-state index in [4.69, 9.17) is 10.4 Å². The Hall–Kier alpha value is -1.88. The number of nitrogens with one attached hydrogen (secondary N) is 1. The highest BCUT2D eigenvalue weighted by Crippen LogP contribution is 2.00. The Morgan fingerprint density at radius 2 is 1.82 bits per heavy atom. The van der Waals surface area contributed by atoms with Crippen LogP contribution in [0.4, 0.5) is 0 Å². The van der Waals surface area contributed by atoms with Crippen molar-refractivity contribution in [1.29, 1.82) is 0 Å². The molecule has 0 aliphatic rings. The average molecular weight is 235 g/mol. The number of hydrogen-bond acceptors (Lipinski definition) is 5. The van der Waals surface area contributed by atoms with Gasteiger partial charge in [-0.25, -0.2) is 0 Å². The lowest BCUT2D eigenvalue weighted by atomic mass is 10.1. The largest absolute Gasteiger partial charge is 0.411 e. The minimum Gasteiger partial charge on any atom is -0.411 e. The van der Waals surface area contributed by atoms with Crippen molar-refractivity contribution < 1.29 is 10.4 Å². The highest BCUT2D eigenvalue weighted by molar-refractivity contribution is 5.89. The number of nitrogens with zero attached hydrogens (tertiary/aromatic N) is 2. The number of oxime groups is 2. The summed E-state index contributed by atoms with van der Waals surface area (Å²) in [5.41, 5.74) is 2.32. The molecular formula is C12H17N3O2. The summed E-state index contributed by atoms with van der Waals surface area (Å²) in [6, 6.07) is 9.79. The molecule has 0 aromatic heterocycles. The van der Waals surface area contributed by atoms with Crippen molar-refractivity contribution in [3.63, 3.8) is 0 Å². The van der Waals surface area contributed by atoms with Crippen molar-refractivity contribution in [1.82, 2.24) is 5.32 Å². The van der Waals surface area contributed by atoms with E-state index in [1.54, 1.807) is 6.92 Å². The molecule has 1 aromatic rings. The third kappa shape index (κ3) is 5.12. The van der Waals surface area contributed by atoms with Crippen LogP contribution in [0.15, 0.2) is 40.6 Å². The van der Waals surface area contributed by atoms with Gasteiger partial charge in [0.1, 0.15) is 0 Å². The number of benzene rings is 1. The van der Waals surface area contributed by atoms with Crippen LogP contribution in [0.25, 0.3) is 0 Å². The molecule has 0 unspecified atom stereocenters. The zero-order valence-electron chi connectivity index (χ0n) is 9.80. The Morgan fingerprint density at radius 1 is 1.12 bits per heavy atom. The van der Waals surface area contributed by atoms with Gasteiger partial charge in [0.25, 0.3) is 0 Å². The second-order valence-electron chi connectivity index (χ2n) is 3.77. The fourth-order valence-electron chi connectivity index (χ4n) is 1.39. The van der Waals surface area contributed by atoms with Crippen molar-refractivity contribution in [2.75, 3.05) is 13.1 Å². The van der Waals surface area contributed by atoms with E-state index >= 15 is 0 Å². The molecule has 0 spiro atoms. The van der Waals surface area contributed by atoms with Crippen LogP contribution in [0.2, 0.25) is 0 Å². The summed E-state index contributed by atoms with van der Waals surface area (Å²) in [6.45, 7) is 2.63. The van der Waals surface area contributed by atoms with E-state index in [1.165, 1.54) is 0 Å². The molecule has 5 nitrogen and oxygen atoms in total. The quantitative estimate of drug-likeness (QED) is 0.397. The van der Waals surface area contributed by atoms with Crippen LogP contribution in [0.3, 0.4) is 0 Å². The summed E-state index contributed by atoms with van der Waals surface area (Å²) >= 11 is 0. The minimum atomic E-state index is 0.457. The predicted molar refractivity (Wildman–Crippen MR) is 67.1 cm³/mol. The van der Waals surface area contributed by atoms with Crippen molar-refractivity contribution in [3.05, 3.63) is 35.9 Å². The van der Waals surface area contributed by atoms with Crippen molar-refractivity contribution in [2.24, 2.45) is 10.3 Å². The van der Waals surface area contributed by atoms with E-state index < -0.39 is 0 Å². The summed E-state index contributed by atoms with van der Waals surface area (Å²) in [4.78, 5) is 0. The molecule has 92 valence electrons. The molecule has 0 aliphatic carbocycles. The Bertz CT molecular complexity index is 388. The zero-order valence-corrected chi connectivity index (χ0v) is 9.80. The van der Waals surface area contributed by atoms with E-state index in [-0.39, 0.29) is 0 Å². The van der Waals surface area contributed by atoms with Gasteiger partial charge in [-0.3, -0.25) is 0 Å². The Balaban J connectivity index is 2.40. The normalized spacial score (nSPS) is 12.8. The van der Waals surface area contributed by atoms with Gasteiger partial charge in [-0.05, 0) is 12.5 Å². The first-order chi connectivity index (χ1) is 8.26. The maximum Gasteiger partial charge on any atom is 0.0752 e. The minimum absolute atomic E-state index is 0.457. The molecule has 0 amide bonds. The van der Waals surface area contributed by atoms with Gasteiger partial charge < -0.3 is 15.7 Å². The smallest absolute Gasteiger partial charge is 0.0752 e. The molecule has 17 heavy (non-hydrogen) atoms. The van der Waals surface area contributed by atoms with Crippen molar-refractivity contribution in [2.45, 2.75) is 13.3 Å². The Labute approximate surface area is 100 Å². The SMILES string of the molecule is C/C(CNC/C(Cc1ccccc1)=N/O)=N\O. The summed E-state index contributed by atoms with van der Waals surface area (Å²) in [5.74, 6) is 0. The lowest BCUT2D eigenvalue weighted by Crippen LogP contribution is -2.28. The molecule has 0 saturated carbocycles. The van der Waals surface area contributed by atoms with Gasteiger partial charge in [-0.15, -0.1) is 0 Å². The molecule has 0 aliphatic heterocycles. The first-order valence-corrected chi connectivity index (χ1v) is 5.38. The van der Waals surface area contributed by atoms with Gasteiger partial charge in [0.15, 0.2) is 0 Å². The predicted octanol–water partition coefficient (Wildman–Crippen LogP) is 1.50. The van der Waals surface area contributed by atoms with Gasteiger partial charge >= 0.3 is 0 Å². The van der Waals surface area contributed by atoms with Crippen LogP contribution < -0.4 is 5.32 Å². The van der Waals surface area contributed by atoms with E-state index in [0.29, 0.717) is 30.9 Å². The van der Waals surface area contributed by atoms with E-state index in [9.17, 15) is 0 Å². The molecule has 0 atom stereocenters. The van der Waals surface area contributed by atoms with Crippen molar-refractivity contribution >= 4 is 11.4 Å². The molecule has 5 heteroatoms.